The molecule has 0 aliphatic heterocycles. The maximum Gasteiger partial charge on any atom is 0.307 e. The summed E-state index contributed by atoms with van der Waals surface area (Å²) in [6.45, 7) is 5.94. The second kappa shape index (κ2) is 5.32. The lowest BCUT2D eigenvalue weighted by Gasteiger charge is -2.18. The van der Waals surface area contributed by atoms with E-state index in [2.05, 4.69) is 5.32 Å². The Hall–Kier alpha value is -1.06. The summed E-state index contributed by atoms with van der Waals surface area (Å²) < 4.78 is 0. The van der Waals surface area contributed by atoms with Gasteiger partial charge < -0.3 is 10.4 Å². The van der Waals surface area contributed by atoms with Crippen molar-refractivity contribution in [2.45, 2.75) is 46.1 Å². The molecule has 4 heteroatoms. The molecular weight excluding hydrogens is 206 g/mol. The van der Waals surface area contributed by atoms with Crippen molar-refractivity contribution in [2.24, 2.45) is 17.8 Å². The van der Waals surface area contributed by atoms with Crippen LogP contribution in [0.15, 0.2) is 0 Å². The highest BCUT2D eigenvalue weighted by Crippen LogP contribution is 2.36. The van der Waals surface area contributed by atoms with Crippen molar-refractivity contribution >= 4 is 11.9 Å². The monoisotopic (exact) mass is 227 g/mol. The van der Waals surface area contributed by atoms with Gasteiger partial charge in [0.2, 0.25) is 5.91 Å². The fraction of sp³-hybridized carbons (Fsp3) is 0.833. The standard InChI is InChI=1S/C12H21NO3/c1-4-8(3)13-11(14)9-5-7(2)6-10(9)12(15)16/h7-10H,4-6H2,1-3H3,(H,13,14)(H,15,16)/t7?,8?,9-,10+/m0/s1. The first kappa shape index (κ1) is 13.0. The second-order valence-corrected chi connectivity index (χ2v) is 4.95. The summed E-state index contributed by atoms with van der Waals surface area (Å²) in [5.41, 5.74) is 0. The van der Waals surface area contributed by atoms with Crippen LogP contribution in [0.3, 0.4) is 0 Å². The summed E-state index contributed by atoms with van der Waals surface area (Å²) in [6, 6.07) is 0.123. The lowest BCUT2D eigenvalue weighted by atomic mass is 9.95. The van der Waals surface area contributed by atoms with Crippen LogP contribution < -0.4 is 5.32 Å². The Balaban J connectivity index is 2.63. The van der Waals surface area contributed by atoms with Gasteiger partial charge in [-0.25, -0.2) is 0 Å². The molecule has 0 aromatic rings. The van der Waals surface area contributed by atoms with Crippen LogP contribution in [0.5, 0.6) is 0 Å². The molecule has 2 N–H and O–H groups in total. The van der Waals surface area contributed by atoms with E-state index in [0.717, 1.165) is 6.42 Å². The first-order valence-corrected chi connectivity index (χ1v) is 5.98. The van der Waals surface area contributed by atoms with Crippen molar-refractivity contribution in [3.8, 4) is 0 Å². The molecule has 2 unspecified atom stereocenters. The molecule has 0 spiro atoms. The minimum Gasteiger partial charge on any atom is -0.481 e. The number of carbonyl (C=O) groups is 2. The van der Waals surface area contributed by atoms with Crippen LogP contribution >= 0.6 is 0 Å². The van der Waals surface area contributed by atoms with E-state index >= 15 is 0 Å². The third-order valence-electron chi connectivity index (χ3n) is 3.45. The summed E-state index contributed by atoms with van der Waals surface area (Å²) >= 11 is 0. The zero-order valence-electron chi connectivity index (χ0n) is 10.2. The Labute approximate surface area is 96.4 Å². The van der Waals surface area contributed by atoms with Crippen molar-refractivity contribution in [1.29, 1.82) is 0 Å². The molecule has 4 atom stereocenters. The number of hydrogen-bond acceptors (Lipinski definition) is 2. The van der Waals surface area contributed by atoms with E-state index in [4.69, 9.17) is 5.11 Å². The molecule has 0 bridgehead atoms. The number of carboxylic acid groups (broad SMARTS) is 1. The van der Waals surface area contributed by atoms with E-state index in [1.807, 2.05) is 20.8 Å². The predicted molar refractivity (Wildman–Crippen MR) is 60.9 cm³/mol. The number of nitrogens with one attached hydrogen (secondary N) is 1. The SMILES string of the molecule is CCC(C)NC(=O)[C@H]1CC(C)C[C@H]1C(=O)O. The van der Waals surface area contributed by atoms with Gasteiger partial charge in [0.1, 0.15) is 0 Å². The quantitative estimate of drug-likeness (QED) is 0.767. The van der Waals surface area contributed by atoms with E-state index < -0.39 is 11.9 Å². The van der Waals surface area contributed by atoms with Gasteiger partial charge in [0.05, 0.1) is 11.8 Å². The molecule has 1 amide bonds. The third kappa shape index (κ3) is 2.97. The van der Waals surface area contributed by atoms with E-state index in [9.17, 15) is 9.59 Å². The Morgan fingerprint density at radius 3 is 2.44 bits per heavy atom. The van der Waals surface area contributed by atoms with Crippen LogP contribution in [0.25, 0.3) is 0 Å². The summed E-state index contributed by atoms with van der Waals surface area (Å²) in [5.74, 6) is -1.45. The molecule has 1 saturated carbocycles. The van der Waals surface area contributed by atoms with Crippen LogP contribution in [0.1, 0.15) is 40.0 Å². The van der Waals surface area contributed by atoms with E-state index in [1.165, 1.54) is 0 Å². The van der Waals surface area contributed by atoms with Crippen molar-refractivity contribution in [1.82, 2.24) is 5.32 Å². The van der Waals surface area contributed by atoms with Gasteiger partial charge in [-0.2, -0.15) is 0 Å². The molecule has 0 radical (unpaired) electrons. The topological polar surface area (TPSA) is 66.4 Å². The smallest absolute Gasteiger partial charge is 0.307 e. The molecule has 16 heavy (non-hydrogen) atoms. The lowest BCUT2D eigenvalue weighted by Crippen LogP contribution is -2.39. The molecule has 0 saturated heterocycles. The van der Waals surface area contributed by atoms with Gasteiger partial charge in [-0.05, 0) is 32.1 Å². The largest absolute Gasteiger partial charge is 0.481 e. The molecule has 1 aliphatic rings. The average Bonchev–Trinajstić information content (AvgIpc) is 2.60. The zero-order valence-corrected chi connectivity index (χ0v) is 10.2. The normalized spacial score (nSPS) is 31.1. The predicted octanol–water partition coefficient (Wildman–Crippen LogP) is 1.65. The fourth-order valence-corrected chi connectivity index (χ4v) is 2.31. The van der Waals surface area contributed by atoms with E-state index in [-0.39, 0.29) is 17.9 Å². The van der Waals surface area contributed by atoms with Crippen LogP contribution in [-0.2, 0) is 9.59 Å². The molecule has 0 aromatic carbocycles. The van der Waals surface area contributed by atoms with Gasteiger partial charge in [-0.3, -0.25) is 9.59 Å². The molecule has 92 valence electrons. The molecule has 1 fully saturated rings. The Morgan fingerprint density at radius 1 is 1.38 bits per heavy atom. The molecule has 1 aliphatic carbocycles. The van der Waals surface area contributed by atoms with Gasteiger partial charge in [0, 0.05) is 6.04 Å². The Morgan fingerprint density at radius 2 is 1.94 bits per heavy atom. The molecule has 0 aromatic heterocycles. The Kier molecular flexibility index (Phi) is 4.33. The molecular formula is C12H21NO3. The van der Waals surface area contributed by atoms with E-state index in [0.29, 0.717) is 18.8 Å². The molecule has 1 rings (SSSR count). The number of amides is 1. The van der Waals surface area contributed by atoms with Crippen molar-refractivity contribution in [3.63, 3.8) is 0 Å². The van der Waals surface area contributed by atoms with Crippen LogP contribution in [0.2, 0.25) is 0 Å². The van der Waals surface area contributed by atoms with Crippen LogP contribution in [0, 0.1) is 17.8 Å². The summed E-state index contributed by atoms with van der Waals surface area (Å²) in [7, 11) is 0. The highest BCUT2D eigenvalue weighted by atomic mass is 16.4. The van der Waals surface area contributed by atoms with Crippen LogP contribution in [-0.4, -0.2) is 23.0 Å². The minimum atomic E-state index is -0.839. The van der Waals surface area contributed by atoms with Gasteiger partial charge in [-0.15, -0.1) is 0 Å². The van der Waals surface area contributed by atoms with E-state index in [1.54, 1.807) is 0 Å². The third-order valence-corrected chi connectivity index (χ3v) is 3.45. The summed E-state index contributed by atoms with van der Waals surface area (Å²) in [5, 5.41) is 11.9. The maximum atomic E-state index is 11.9. The number of hydrogen-bond donors (Lipinski definition) is 2. The zero-order chi connectivity index (χ0) is 12.3. The highest BCUT2D eigenvalue weighted by Gasteiger charge is 2.41. The van der Waals surface area contributed by atoms with Gasteiger partial charge in [-0.1, -0.05) is 13.8 Å². The van der Waals surface area contributed by atoms with Gasteiger partial charge in [0.25, 0.3) is 0 Å². The highest BCUT2D eigenvalue weighted by molar-refractivity contribution is 5.85. The number of rotatable bonds is 4. The number of carboxylic acids is 1. The van der Waals surface area contributed by atoms with Crippen molar-refractivity contribution in [2.75, 3.05) is 0 Å². The summed E-state index contributed by atoms with van der Waals surface area (Å²) in [4.78, 5) is 22.9. The first-order chi connectivity index (χ1) is 7.45. The lowest BCUT2D eigenvalue weighted by molar-refractivity contribution is -0.146. The van der Waals surface area contributed by atoms with Gasteiger partial charge >= 0.3 is 5.97 Å². The van der Waals surface area contributed by atoms with Crippen molar-refractivity contribution < 1.29 is 14.7 Å². The molecule has 4 nitrogen and oxygen atoms in total. The summed E-state index contributed by atoms with van der Waals surface area (Å²) in [6.07, 6.45) is 2.18. The second-order valence-electron chi connectivity index (χ2n) is 4.95. The van der Waals surface area contributed by atoms with Gasteiger partial charge in [0.15, 0.2) is 0 Å². The van der Waals surface area contributed by atoms with Crippen LogP contribution in [0.4, 0.5) is 0 Å². The number of carbonyl (C=O) groups excluding carboxylic acids is 1. The minimum absolute atomic E-state index is 0.0916. The average molecular weight is 227 g/mol. The number of aliphatic carboxylic acids is 1. The first-order valence-electron chi connectivity index (χ1n) is 5.98. The Bertz CT molecular complexity index is 277. The van der Waals surface area contributed by atoms with Crippen molar-refractivity contribution in [3.05, 3.63) is 0 Å². The maximum absolute atomic E-state index is 11.9. The molecule has 0 heterocycles. The fourth-order valence-electron chi connectivity index (χ4n) is 2.31.